The van der Waals surface area contributed by atoms with Crippen LogP contribution in [0.15, 0.2) is 24.4 Å². The van der Waals surface area contributed by atoms with Crippen LogP contribution in [-0.2, 0) is 13.2 Å². The van der Waals surface area contributed by atoms with Gasteiger partial charge in [-0.1, -0.05) is 0 Å². The summed E-state index contributed by atoms with van der Waals surface area (Å²) in [6, 6.07) is 3.51. The zero-order valence-electron chi connectivity index (χ0n) is 7.34. The molecule has 0 amide bonds. The molecule has 2 rings (SSSR count). The van der Waals surface area contributed by atoms with Crippen LogP contribution in [0.1, 0.15) is 5.56 Å². The average molecular weight is 200 g/mol. The topological polar surface area (TPSA) is 17.8 Å². The van der Waals surface area contributed by atoms with Gasteiger partial charge in [0.15, 0.2) is 0 Å². The standard InChI is InChI=1S/C9H7F3N2/c1-14-5-6-4-7(9(10,11)12)2-3-8(6)13-14/h2-5H,1H3. The zero-order valence-corrected chi connectivity index (χ0v) is 7.34. The second kappa shape index (κ2) is 2.73. The van der Waals surface area contributed by atoms with Crippen LogP contribution in [0, 0.1) is 0 Å². The minimum atomic E-state index is -4.29. The van der Waals surface area contributed by atoms with E-state index in [2.05, 4.69) is 5.10 Å². The maximum absolute atomic E-state index is 12.3. The molecule has 74 valence electrons. The lowest BCUT2D eigenvalue weighted by Gasteiger charge is -2.04. The fourth-order valence-corrected chi connectivity index (χ4v) is 1.33. The summed E-state index contributed by atoms with van der Waals surface area (Å²) in [6.07, 6.45) is -2.73. The fourth-order valence-electron chi connectivity index (χ4n) is 1.33. The van der Waals surface area contributed by atoms with Crippen LogP contribution < -0.4 is 0 Å². The third-order valence-electron chi connectivity index (χ3n) is 1.95. The Balaban J connectivity index is 2.62. The van der Waals surface area contributed by atoms with Gasteiger partial charge in [0.2, 0.25) is 0 Å². The molecule has 0 bridgehead atoms. The van der Waals surface area contributed by atoms with Gasteiger partial charge in [-0.2, -0.15) is 18.3 Å². The van der Waals surface area contributed by atoms with Gasteiger partial charge in [-0.3, -0.25) is 4.68 Å². The Labute approximate surface area is 77.9 Å². The fraction of sp³-hybridized carbons (Fsp3) is 0.222. The smallest absolute Gasteiger partial charge is 0.275 e. The summed E-state index contributed by atoms with van der Waals surface area (Å²) in [6.45, 7) is 0. The molecule has 0 aliphatic rings. The van der Waals surface area contributed by atoms with Crippen molar-refractivity contribution in [2.24, 2.45) is 7.05 Å². The monoisotopic (exact) mass is 200 g/mol. The van der Waals surface area contributed by atoms with Crippen molar-refractivity contribution in [2.75, 3.05) is 0 Å². The SMILES string of the molecule is Cn1cc2cc(C(F)(F)F)ccc2n1. The third kappa shape index (κ3) is 1.45. The molecule has 0 unspecified atom stereocenters. The molecule has 14 heavy (non-hydrogen) atoms. The van der Waals surface area contributed by atoms with Crippen molar-refractivity contribution >= 4 is 10.9 Å². The second-order valence-corrected chi connectivity index (χ2v) is 3.07. The van der Waals surface area contributed by atoms with Gasteiger partial charge in [0.25, 0.3) is 0 Å². The van der Waals surface area contributed by atoms with E-state index >= 15 is 0 Å². The molecule has 1 heterocycles. The Morgan fingerprint density at radius 3 is 2.64 bits per heavy atom. The maximum Gasteiger partial charge on any atom is 0.416 e. The van der Waals surface area contributed by atoms with E-state index in [-0.39, 0.29) is 0 Å². The van der Waals surface area contributed by atoms with Gasteiger partial charge in [0.05, 0.1) is 11.1 Å². The van der Waals surface area contributed by atoms with E-state index in [0.717, 1.165) is 12.1 Å². The molecule has 0 aliphatic heterocycles. The Kier molecular flexibility index (Phi) is 1.77. The molecule has 2 nitrogen and oxygen atoms in total. The minimum Gasteiger partial charge on any atom is -0.275 e. The number of nitrogens with zero attached hydrogens (tertiary/aromatic N) is 2. The predicted octanol–water partition coefficient (Wildman–Crippen LogP) is 2.59. The molecule has 0 aliphatic carbocycles. The highest BCUT2D eigenvalue weighted by Gasteiger charge is 2.30. The maximum atomic E-state index is 12.3. The van der Waals surface area contributed by atoms with E-state index < -0.39 is 11.7 Å². The number of rotatable bonds is 0. The van der Waals surface area contributed by atoms with E-state index in [9.17, 15) is 13.2 Å². The molecule has 0 atom stereocenters. The molecule has 0 fully saturated rings. The summed E-state index contributed by atoms with van der Waals surface area (Å²) in [7, 11) is 1.67. The van der Waals surface area contributed by atoms with Crippen LogP contribution in [0.3, 0.4) is 0 Å². The van der Waals surface area contributed by atoms with Crippen molar-refractivity contribution in [3.8, 4) is 0 Å². The number of hydrogen-bond donors (Lipinski definition) is 0. The minimum absolute atomic E-state index is 0.502. The number of hydrogen-bond acceptors (Lipinski definition) is 1. The largest absolute Gasteiger partial charge is 0.416 e. The highest BCUT2D eigenvalue weighted by atomic mass is 19.4. The lowest BCUT2D eigenvalue weighted by Crippen LogP contribution is -2.03. The molecule has 2 aromatic rings. The lowest BCUT2D eigenvalue weighted by molar-refractivity contribution is -0.137. The van der Waals surface area contributed by atoms with Crippen molar-refractivity contribution in [1.82, 2.24) is 9.78 Å². The quantitative estimate of drug-likeness (QED) is 0.639. The van der Waals surface area contributed by atoms with Gasteiger partial charge in [0, 0.05) is 18.6 Å². The molecule has 0 spiro atoms. The summed E-state index contributed by atoms with van der Waals surface area (Å²) in [5, 5.41) is 4.49. The van der Waals surface area contributed by atoms with E-state index in [4.69, 9.17) is 0 Å². The van der Waals surface area contributed by atoms with Gasteiger partial charge >= 0.3 is 6.18 Å². The van der Waals surface area contributed by atoms with Crippen molar-refractivity contribution in [3.63, 3.8) is 0 Å². The molecule has 0 radical (unpaired) electrons. The number of benzene rings is 1. The van der Waals surface area contributed by atoms with Gasteiger partial charge in [-0.05, 0) is 18.2 Å². The lowest BCUT2D eigenvalue weighted by atomic mass is 10.1. The molecule has 1 aromatic carbocycles. The predicted molar refractivity (Wildman–Crippen MR) is 45.7 cm³/mol. The highest BCUT2D eigenvalue weighted by molar-refractivity contribution is 5.78. The van der Waals surface area contributed by atoms with E-state index in [1.807, 2.05) is 0 Å². The Morgan fingerprint density at radius 1 is 1.29 bits per heavy atom. The number of alkyl halides is 3. The molecule has 0 N–H and O–H groups in total. The number of aromatic nitrogens is 2. The van der Waals surface area contributed by atoms with Crippen molar-refractivity contribution in [3.05, 3.63) is 30.0 Å². The van der Waals surface area contributed by atoms with E-state index in [0.29, 0.717) is 10.9 Å². The second-order valence-electron chi connectivity index (χ2n) is 3.07. The first kappa shape index (κ1) is 9.05. The van der Waals surface area contributed by atoms with Gasteiger partial charge in [-0.25, -0.2) is 0 Å². The first-order valence-electron chi connectivity index (χ1n) is 3.97. The Hall–Kier alpha value is -1.52. The van der Waals surface area contributed by atoms with Gasteiger partial charge in [-0.15, -0.1) is 0 Å². The van der Waals surface area contributed by atoms with E-state index in [1.165, 1.54) is 10.7 Å². The van der Waals surface area contributed by atoms with Gasteiger partial charge < -0.3 is 0 Å². The van der Waals surface area contributed by atoms with Crippen LogP contribution in [0.5, 0.6) is 0 Å². The molecular weight excluding hydrogens is 193 g/mol. The summed E-state index contributed by atoms with van der Waals surface area (Å²) in [5.41, 5.74) is -0.0708. The zero-order chi connectivity index (χ0) is 10.3. The normalized spacial score (nSPS) is 12.3. The first-order chi connectivity index (χ1) is 6.47. The van der Waals surface area contributed by atoms with Crippen molar-refractivity contribution < 1.29 is 13.2 Å². The van der Waals surface area contributed by atoms with E-state index in [1.54, 1.807) is 13.2 Å². The summed E-state index contributed by atoms with van der Waals surface area (Å²) in [4.78, 5) is 0. The van der Waals surface area contributed by atoms with Crippen molar-refractivity contribution in [1.29, 1.82) is 0 Å². The number of halogens is 3. The van der Waals surface area contributed by atoms with Crippen molar-refractivity contribution in [2.45, 2.75) is 6.18 Å². The van der Waals surface area contributed by atoms with Crippen LogP contribution >= 0.6 is 0 Å². The van der Waals surface area contributed by atoms with Crippen LogP contribution in [0.25, 0.3) is 10.9 Å². The molecular formula is C9H7F3N2. The average Bonchev–Trinajstić information content (AvgIpc) is 2.41. The molecule has 5 heteroatoms. The Bertz CT molecular complexity index is 470. The summed E-state index contributed by atoms with van der Waals surface area (Å²) >= 11 is 0. The molecule has 0 saturated heterocycles. The summed E-state index contributed by atoms with van der Waals surface area (Å²) in [5.74, 6) is 0. The van der Waals surface area contributed by atoms with Crippen LogP contribution in [-0.4, -0.2) is 9.78 Å². The number of fused-ring (bicyclic) bond motifs is 1. The molecule has 0 saturated carbocycles. The van der Waals surface area contributed by atoms with Gasteiger partial charge in [0.1, 0.15) is 0 Å². The first-order valence-corrected chi connectivity index (χ1v) is 3.97. The van der Waals surface area contributed by atoms with Crippen LogP contribution in [0.4, 0.5) is 13.2 Å². The number of aryl methyl sites for hydroxylation is 1. The third-order valence-corrected chi connectivity index (χ3v) is 1.95. The Morgan fingerprint density at radius 2 is 2.00 bits per heavy atom. The highest BCUT2D eigenvalue weighted by Crippen LogP contribution is 2.30. The molecule has 1 aromatic heterocycles. The summed E-state index contributed by atoms with van der Waals surface area (Å²) < 4.78 is 38.4. The van der Waals surface area contributed by atoms with Crippen LogP contribution in [0.2, 0.25) is 0 Å².